The van der Waals surface area contributed by atoms with Gasteiger partial charge in [-0.3, -0.25) is 0 Å². The molecule has 3 aromatic carbocycles. The zero-order chi connectivity index (χ0) is 17.4. The van der Waals surface area contributed by atoms with Crippen molar-refractivity contribution in [1.82, 2.24) is 0 Å². The molecule has 0 N–H and O–H groups in total. The molecule has 2 atom stereocenters. The van der Waals surface area contributed by atoms with E-state index in [-0.39, 0.29) is 5.92 Å². The van der Waals surface area contributed by atoms with Crippen LogP contribution in [0.25, 0.3) is 21.9 Å². The first kappa shape index (κ1) is 15.8. The summed E-state index contributed by atoms with van der Waals surface area (Å²) in [5.74, 6) is 0.155. The first-order valence-corrected chi connectivity index (χ1v) is 8.88. The molecule has 0 fully saturated rings. The second kappa shape index (κ2) is 6.33. The van der Waals surface area contributed by atoms with Gasteiger partial charge in [0.2, 0.25) is 0 Å². The summed E-state index contributed by atoms with van der Waals surface area (Å²) in [7, 11) is 0. The average Bonchev–Trinajstić information content (AvgIpc) is 2.67. The first-order chi connectivity index (χ1) is 12.2. The summed E-state index contributed by atoms with van der Waals surface area (Å²) in [6.45, 7) is 2.08. The molecule has 0 aliphatic heterocycles. The number of nitrogens with zero attached hydrogens (tertiary/aromatic N) is 1. The molecule has 1 aliphatic rings. The maximum absolute atomic E-state index is 14.4. The zero-order valence-corrected chi connectivity index (χ0v) is 14.3. The molecule has 0 saturated heterocycles. The fourth-order valence-corrected chi connectivity index (χ4v) is 3.96. The summed E-state index contributed by atoms with van der Waals surface area (Å²) < 4.78 is 14.4. The van der Waals surface area contributed by atoms with Crippen LogP contribution in [0.2, 0.25) is 0 Å². The lowest BCUT2D eigenvalue weighted by atomic mass is 9.79. The molecular weight excluding hydrogens is 309 g/mol. The summed E-state index contributed by atoms with van der Waals surface area (Å²) in [5, 5.41) is 11.3. The number of hydrogen-bond donors (Lipinski definition) is 0. The van der Waals surface area contributed by atoms with Crippen LogP contribution in [-0.2, 0) is 12.8 Å². The maximum atomic E-state index is 14.4. The van der Waals surface area contributed by atoms with E-state index in [1.165, 1.54) is 16.5 Å². The maximum Gasteiger partial charge on any atom is 0.107 e. The highest BCUT2D eigenvalue weighted by molar-refractivity contribution is 5.91. The minimum atomic E-state index is -0.735. The average molecular weight is 329 g/mol. The molecule has 0 radical (unpaired) electrons. The Labute approximate surface area is 147 Å². The predicted octanol–water partition coefficient (Wildman–Crippen LogP) is 5.84. The van der Waals surface area contributed by atoms with E-state index < -0.39 is 6.17 Å². The second-order valence-electron chi connectivity index (χ2n) is 6.92. The topological polar surface area (TPSA) is 23.8 Å². The van der Waals surface area contributed by atoms with Gasteiger partial charge in [0.15, 0.2) is 0 Å². The van der Waals surface area contributed by atoms with Crippen molar-refractivity contribution >= 4 is 10.8 Å². The van der Waals surface area contributed by atoms with Crippen molar-refractivity contribution in [3.8, 4) is 17.2 Å². The standard InChI is InChI=1S/C23H20FN/c1-2-16-11-20-8-7-19-12-18(17-5-3-15(14-25)4-6-17)9-10-21(19)22(20)13-23(16)24/h3-10,12,16,23H,2,11,13H2,1H3/t16-,23-/m1/s1. The Balaban J connectivity index is 1.77. The van der Waals surface area contributed by atoms with Crippen LogP contribution in [0.4, 0.5) is 4.39 Å². The Morgan fingerprint density at radius 1 is 1.00 bits per heavy atom. The van der Waals surface area contributed by atoms with Crippen LogP contribution in [-0.4, -0.2) is 6.17 Å². The highest BCUT2D eigenvalue weighted by Gasteiger charge is 2.28. The Morgan fingerprint density at radius 3 is 2.48 bits per heavy atom. The number of benzene rings is 3. The van der Waals surface area contributed by atoms with E-state index >= 15 is 0 Å². The number of halogens is 1. The molecule has 0 aromatic heterocycles. The van der Waals surface area contributed by atoms with Crippen LogP contribution in [0.1, 0.15) is 30.0 Å². The first-order valence-electron chi connectivity index (χ1n) is 8.88. The van der Waals surface area contributed by atoms with Gasteiger partial charge in [-0.25, -0.2) is 4.39 Å². The van der Waals surface area contributed by atoms with Crippen LogP contribution in [0.5, 0.6) is 0 Å². The van der Waals surface area contributed by atoms with Crippen LogP contribution >= 0.6 is 0 Å². The van der Waals surface area contributed by atoms with Crippen molar-refractivity contribution in [2.75, 3.05) is 0 Å². The lowest BCUT2D eigenvalue weighted by Crippen LogP contribution is -2.26. The molecule has 0 spiro atoms. The van der Waals surface area contributed by atoms with Crippen LogP contribution < -0.4 is 0 Å². The fraction of sp³-hybridized carbons (Fsp3) is 0.261. The van der Waals surface area contributed by atoms with E-state index in [0.717, 1.165) is 29.4 Å². The molecule has 2 heteroatoms. The van der Waals surface area contributed by atoms with Crippen molar-refractivity contribution in [3.63, 3.8) is 0 Å². The molecule has 1 nitrogen and oxygen atoms in total. The van der Waals surface area contributed by atoms with Crippen molar-refractivity contribution in [2.24, 2.45) is 5.92 Å². The van der Waals surface area contributed by atoms with Crippen molar-refractivity contribution in [1.29, 1.82) is 5.26 Å². The van der Waals surface area contributed by atoms with Gasteiger partial charge in [0.1, 0.15) is 6.17 Å². The van der Waals surface area contributed by atoms with Gasteiger partial charge in [0.25, 0.3) is 0 Å². The molecule has 4 rings (SSSR count). The van der Waals surface area contributed by atoms with E-state index in [0.29, 0.717) is 12.0 Å². The number of hydrogen-bond acceptors (Lipinski definition) is 1. The normalized spacial score (nSPS) is 19.4. The van der Waals surface area contributed by atoms with E-state index in [4.69, 9.17) is 5.26 Å². The largest absolute Gasteiger partial charge is 0.247 e. The lowest BCUT2D eigenvalue weighted by molar-refractivity contribution is 0.208. The SMILES string of the molecule is CC[C@@H]1Cc2ccc3cc(-c4ccc(C#N)cc4)ccc3c2C[C@H]1F. The summed E-state index contributed by atoms with van der Waals surface area (Å²) in [6.07, 6.45) is 1.54. The molecule has 25 heavy (non-hydrogen) atoms. The molecule has 3 aromatic rings. The zero-order valence-electron chi connectivity index (χ0n) is 14.3. The molecule has 124 valence electrons. The number of rotatable bonds is 2. The van der Waals surface area contributed by atoms with Gasteiger partial charge in [0.05, 0.1) is 11.6 Å². The quantitative estimate of drug-likeness (QED) is 0.579. The summed E-state index contributed by atoms with van der Waals surface area (Å²) in [6, 6.07) is 20.5. The van der Waals surface area contributed by atoms with Gasteiger partial charge >= 0.3 is 0 Å². The Bertz CT molecular complexity index is 966. The minimum absolute atomic E-state index is 0.155. The van der Waals surface area contributed by atoms with Crippen molar-refractivity contribution < 1.29 is 4.39 Å². The van der Waals surface area contributed by atoms with Gasteiger partial charge in [-0.15, -0.1) is 0 Å². The summed E-state index contributed by atoms with van der Waals surface area (Å²) in [5.41, 5.74) is 5.36. The lowest BCUT2D eigenvalue weighted by Gasteiger charge is -2.28. The highest BCUT2D eigenvalue weighted by atomic mass is 19.1. The van der Waals surface area contributed by atoms with Gasteiger partial charge < -0.3 is 0 Å². The van der Waals surface area contributed by atoms with Crippen LogP contribution in [0.15, 0.2) is 54.6 Å². The molecule has 0 amide bonds. The second-order valence-corrected chi connectivity index (χ2v) is 6.92. The van der Waals surface area contributed by atoms with Crippen molar-refractivity contribution in [2.45, 2.75) is 32.4 Å². The van der Waals surface area contributed by atoms with Gasteiger partial charge in [-0.1, -0.05) is 49.7 Å². The molecular formula is C23H20FN. The van der Waals surface area contributed by atoms with Gasteiger partial charge in [0, 0.05) is 6.42 Å². The monoisotopic (exact) mass is 329 g/mol. The third-order valence-electron chi connectivity index (χ3n) is 5.49. The molecule has 0 heterocycles. The summed E-state index contributed by atoms with van der Waals surface area (Å²) in [4.78, 5) is 0. The van der Waals surface area contributed by atoms with Gasteiger partial charge in [-0.2, -0.15) is 5.26 Å². The van der Waals surface area contributed by atoms with Gasteiger partial charge in [-0.05, 0) is 63.6 Å². The van der Waals surface area contributed by atoms with Crippen molar-refractivity contribution in [3.05, 3.63) is 71.3 Å². The smallest absolute Gasteiger partial charge is 0.107 e. The van der Waals surface area contributed by atoms with E-state index in [2.05, 4.69) is 43.3 Å². The third-order valence-corrected chi connectivity index (χ3v) is 5.49. The van der Waals surface area contributed by atoms with E-state index in [1.807, 2.05) is 24.3 Å². The number of nitriles is 1. The Hall–Kier alpha value is -2.66. The fourth-order valence-electron chi connectivity index (χ4n) is 3.96. The summed E-state index contributed by atoms with van der Waals surface area (Å²) >= 11 is 0. The minimum Gasteiger partial charge on any atom is -0.247 e. The predicted molar refractivity (Wildman–Crippen MR) is 100 cm³/mol. The molecule has 0 saturated carbocycles. The third kappa shape index (κ3) is 2.81. The number of alkyl halides is 1. The highest BCUT2D eigenvalue weighted by Crippen LogP contribution is 2.35. The van der Waals surface area contributed by atoms with Crippen LogP contribution in [0.3, 0.4) is 0 Å². The Morgan fingerprint density at radius 2 is 1.76 bits per heavy atom. The van der Waals surface area contributed by atoms with E-state index in [9.17, 15) is 4.39 Å². The number of fused-ring (bicyclic) bond motifs is 3. The Kier molecular flexibility index (Phi) is 4.01. The van der Waals surface area contributed by atoms with E-state index in [1.54, 1.807) is 0 Å². The molecule has 0 unspecified atom stereocenters. The van der Waals surface area contributed by atoms with Crippen LogP contribution in [0, 0.1) is 17.2 Å². The molecule has 1 aliphatic carbocycles. The molecule has 0 bridgehead atoms.